The lowest BCUT2D eigenvalue weighted by atomic mass is 9.91. The van der Waals surface area contributed by atoms with Gasteiger partial charge in [-0.15, -0.1) is 0 Å². The quantitative estimate of drug-likeness (QED) is 0.225. The van der Waals surface area contributed by atoms with Crippen molar-refractivity contribution in [1.29, 1.82) is 0 Å². The van der Waals surface area contributed by atoms with Crippen LogP contribution in [0.1, 0.15) is 83.6 Å². The summed E-state index contributed by atoms with van der Waals surface area (Å²) in [6, 6.07) is 13.6. The molecule has 2 amide bonds. The van der Waals surface area contributed by atoms with Crippen molar-refractivity contribution in [1.82, 2.24) is 4.90 Å². The average molecular weight is 582 g/mol. The summed E-state index contributed by atoms with van der Waals surface area (Å²) in [6.07, 6.45) is 2.26. The van der Waals surface area contributed by atoms with E-state index < -0.39 is 29.5 Å². The molecule has 0 unspecified atom stereocenters. The summed E-state index contributed by atoms with van der Waals surface area (Å²) in [4.78, 5) is 29.3. The molecule has 5 nitrogen and oxygen atoms in total. The van der Waals surface area contributed by atoms with Crippen LogP contribution in [-0.2, 0) is 11.0 Å². The summed E-state index contributed by atoms with van der Waals surface area (Å²) >= 11 is 0. The zero-order chi connectivity index (χ0) is 30.0. The van der Waals surface area contributed by atoms with Crippen molar-refractivity contribution < 1.29 is 27.2 Å². The number of aryl methyl sites for hydroxylation is 2. The first kappa shape index (κ1) is 29.6. The summed E-state index contributed by atoms with van der Waals surface area (Å²) in [5, 5.41) is 3.51. The lowest BCUT2D eigenvalue weighted by Gasteiger charge is -2.38. The Morgan fingerprint density at radius 1 is 0.952 bits per heavy atom. The van der Waals surface area contributed by atoms with E-state index in [0.29, 0.717) is 36.2 Å². The Morgan fingerprint density at radius 3 is 2.38 bits per heavy atom. The van der Waals surface area contributed by atoms with Gasteiger partial charge in [-0.3, -0.25) is 14.5 Å². The van der Waals surface area contributed by atoms with Gasteiger partial charge < -0.3 is 10.2 Å². The van der Waals surface area contributed by atoms with Gasteiger partial charge in [-0.1, -0.05) is 37.1 Å². The number of anilines is 3. The summed E-state index contributed by atoms with van der Waals surface area (Å²) in [7, 11) is 0. The molecule has 0 bridgehead atoms. The van der Waals surface area contributed by atoms with Crippen LogP contribution in [0.2, 0.25) is 0 Å². The molecule has 42 heavy (non-hydrogen) atoms. The van der Waals surface area contributed by atoms with Gasteiger partial charge in [0.15, 0.2) is 0 Å². The number of carbonyl (C=O) groups is 2. The lowest BCUT2D eigenvalue weighted by molar-refractivity contribution is -0.138. The number of nitrogens with zero attached hydrogens (tertiary/aromatic N) is 2. The Morgan fingerprint density at radius 2 is 1.69 bits per heavy atom. The van der Waals surface area contributed by atoms with E-state index >= 15 is 0 Å². The van der Waals surface area contributed by atoms with Crippen LogP contribution in [0.4, 0.5) is 34.6 Å². The van der Waals surface area contributed by atoms with Crippen LogP contribution in [0.25, 0.3) is 0 Å². The van der Waals surface area contributed by atoms with Gasteiger partial charge in [0.05, 0.1) is 22.9 Å². The van der Waals surface area contributed by atoms with Crippen molar-refractivity contribution in [2.24, 2.45) is 0 Å². The highest BCUT2D eigenvalue weighted by Gasteiger charge is 2.35. The van der Waals surface area contributed by atoms with E-state index in [2.05, 4.69) is 5.32 Å². The van der Waals surface area contributed by atoms with Crippen molar-refractivity contribution >= 4 is 29.4 Å². The van der Waals surface area contributed by atoms with Gasteiger partial charge in [0.25, 0.3) is 5.91 Å². The van der Waals surface area contributed by atoms with Crippen molar-refractivity contribution in [3.8, 4) is 0 Å². The van der Waals surface area contributed by atoms with Crippen molar-refractivity contribution in [3.63, 3.8) is 0 Å². The number of amides is 2. The standard InChI is InChI=1S/C33H35F4N3O2/c1-21-13-15-25(19-27(21)33(35,36)37)40(20-41)30-18-24(38-23-9-3-4-10-23)14-16-26(30)29-12-5-6-17-39(29)32(42)31-22(2)8-7-11-28(31)34/h7-8,11,13-16,18-20,23,29,38H,3-6,9-10,12,17H2,1-2H3/t29-/m1/s1. The van der Waals surface area contributed by atoms with E-state index in [4.69, 9.17) is 0 Å². The summed E-state index contributed by atoms with van der Waals surface area (Å²) in [6.45, 7) is 3.46. The van der Waals surface area contributed by atoms with Crippen LogP contribution in [0.5, 0.6) is 0 Å². The van der Waals surface area contributed by atoms with Gasteiger partial charge in [0.2, 0.25) is 6.41 Å². The molecule has 1 aliphatic carbocycles. The van der Waals surface area contributed by atoms with E-state index in [9.17, 15) is 27.2 Å². The fourth-order valence-electron chi connectivity index (χ4n) is 6.30. The monoisotopic (exact) mass is 581 g/mol. The second kappa shape index (κ2) is 12.2. The first-order chi connectivity index (χ1) is 20.1. The molecule has 0 spiro atoms. The van der Waals surface area contributed by atoms with E-state index in [-0.39, 0.29) is 22.9 Å². The fourth-order valence-corrected chi connectivity index (χ4v) is 6.30. The van der Waals surface area contributed by atoms with Gasteiger partial charge in [0.1, 0.15) is 5.82 Å². The third kappa shape index (κ3) is 6.01. The predicted molar refractivity (Wildman–Crippen MR) is 155 cm³/mol. The first-order valence-corrected chi connectivity index (χ1v) is 14.5. The molecular formula is C33H35F4N3O2. The van der Waals surface area contributed by atoms with Gasteiger partial charge in [0, 0.05) is 24.0 Å². The van der Waals surface area contributed by atoms with Gasteiger partial charge in [-0.2, -0.15) is 13.2 Å². The number of alkyl halides is 3. The number of likely N-dealkylation sites (tertiary alicyclic amines) is 1. The number of halogens is 4. The van der Waals surface area contributed by atoms with Crippen LogP contribution in [-0.4, -0.2) is 29.8 Å². The predicted octanol–water partition coefficient (Wildman–Crippen LogP) is 8.48. The molecule has 222 valence electrons. The van der Waals surface area contributed by atoms with Crippen LogP contribution in [0.3, 0.4) is 0 Å². The highest BCUT2D eigenvalue weighted by atomic mass is 19.4. The van der Waals surface area contributed by atoms with E-state index in [1.165, 1.54) is 30.0 Å². The number of carbonyl (C=O) groups excluding carboxylic acids is 2. The Labute approximate surface area is 243 Å². The minimum absolute atomic E-state index is 0.00562. The maximum atomic E-state index is 14.9. The Balaban J connectivity index is 1.62. The van der Waals surface area contributed by atoms with Crippen LogP contribution >= 0.6 is 0 Å². The van der Waals surface area contributed by atoms with Crippen molar-refractivity contribution in [3.05, 3.63) is 88.2 Å². The van der Waals surface area contributed by atoms with Crippen molar-refractivity contribution in [2.45, 2.75) is 77.1 Å². The van der Waals surface area contributed by atoms with Gasteiger partial charge in [-0.05, 0) is 93.0 Å². The van der Waals surface area contributed by atoms with Crippen LogP contribution in [0, 0.1) is 19.7 Å². The summed E-state index contributed by atoms with van der Waals surface area (Å²) in [5.74, 6) is -1.05. The minimum atomic E-state index is -4.59. The molecule has 2 fully saturated rings. The van der Waals surface area contributed by atoms with Gasteiger partial charge in [-0.25, -0.2) is 4.39 Å². The molecule has 1 heterocycles. The SMILES string of the molecule is Cc1ccc(N(C=O)c2cc(NC3CCCC3)ccc2[C@H]2CCCCN2C(=O)c2c(C)cccc2F)cc1C(F)(F)F. The van der Waals surface area contributed by atoms with Crippen LogP contribution < -0.4 is 10.2 Å². The summed E-state index contributed by atoms with van der Waals surface area (Å²) in [5.41, 5.74) is 1.59. The highest BCUT2D eigenvalue weighted by Crippen LogP contribution is 2.42. The smallest absolute Gasteiger partial charge is 0.382 e. The molecule has 1 atom stereocenters. The zero-order valence-electron chi connectivity index (χ0n) is 23.8. The Kier molecular flexibility index (Phi) is 8.57. The molecule has 1 saturated heterocycles. The third-order valence-corrected chi connectivity index (χ3v) is 8.48. The second-order valence-electron chi connectivity index (χ2n) is 11.3. The molecule has 0 radical (unpaired) electrons. The molecule has 3 aromatic carbocycles. The van der Waals surface area contributed by atoms with Crippen LogP contribution in [0.15, 0.2) is 54.6 Å². The van der Waals surface area contributed by atoms with E-state index in [1.807, 2.05) is 12.1 Å². The third-order valence-electron chi connectivity index (χ3n) is 8.48. The maximum Gasteiger partial charge on any atom is 0.416 e. The van der Waals surface area contributed by atoms with E-state index in [1.54, 1.807) is 30.0 Å². The Bertz CT molecular complexity index is 1450. The second-order valence-corrected chi connectivity index (χ2v) is 11.3. The van der Waals surface area contributed by atoms with E-state index in [0.717, 1.165) is 50.3 Å². The zero-order valence-corrected chi connectivity index (χ0v) is 23.8. The molecular weight excluding hydrogens is 546 g/mol. The number of nitrogens with one attached hydrogen (secondary N) is 1. The summed E-state index contributed by atoms with van der Waals surface area (Å²) < 4.78 is 56.4. The molecule has 1 saturated carbocycles. The number of benzene rings is 3. The lowest BCUT2D eigenvalue weighted by Crippen LogP contribution is -2.39. The largest absolute Gasteiger partial charge is 0.416 e. The molecule has 9 heteroatoms. The molecule has 5 rings (SSSR count). The minimum Gasteiger partial charge on any atom is -0.382 e. The average Bonchev–Trinajstić information content (AvgIpc) is 3.47. The Hall–Kier alpha value is -3.88. The molecule has 3 aromatic rings. The number of hydrogen-bond donors (Lipinski definition) is 1. The fraction of sp³-hybridized carbons (Fsp3) is 0.394. The van der Waals surface area contributed by atoms with Gasteiger partial charge >= 0.3 is 6.18 Å². The highest BCUT2D eigenvalue weighted by molar-refractivity contribution is 5.97. The number of piperidine rings is 1. The number of hydrogen-bond acceptors (Lipinski definition) is 3. The van der Waals surface area contributed by atoms with Crippen molar-refractivity contribution in [2.75, 3.05) is 16.8 Å². The molecule has 1 aliphatic heterocycles. The molecule has 2 aliphatic rings. The first-order valence-electron chi connectivity index (χ1n) is 14.5. The molecule has 1 N–H and O–H groups in total. The maximum absolute atomic E-state index is 14.9. The number of rotatable bonds is 7. The topological polar surface area (TPSA) is 52.7 Å². The molecule has 0 aromatic heterocycles. The normalized spacial score (nSPS) is 17.8.